The van der Waals surface area contributed by atoms with Gasteiger partial charge in [0.2, 0.25) is 0 Å². The summed E-state index contributed by atoms with van der Waals surface area (Å²) >= 11 is 0. The molecule has 2 aromatic heterocycles. The van der Waals surface area contributed by atoms with Crippen LogP contribution in [0.3, 0.4) is 0 Å². The van der Waals surface area contributed by atoms with Gasteiger partial charge in [-0.3, -0.25) is 4.79 Å². The predicted molar refractivity (Wildman–Crippen MR) is 105 cm³/mol. The van der Waals surface area contributed by atoms with Crippen LogP contribution in [0.2, 0.25) is 0 Å². The van der Waals surface area contributed by atoms with Crippen molar-refractivity contribution < 1.29 is 4.74 Å². The van der Waals surface area contributed by atoms with Crippen molar-refractivity contribution in [3.05, 3.63) is 47.0 Å². The van der Waals surface area contributed by atoms with Crippen molar-refractivity contribution in [3.63, 3.8) is 0 Å². The van der Waals surface area contributed by atoms with Gasteiger partial charge >= 0.3 is 0 Å². The summed E-state index contributed by atoms with van der Waals surface area (Å²) in [6.07, 6.45) is 5.51. The highest BCUT2D eigenvalue weighted by Crippen LogP contribution is 2.22. The van der Waals surface area contributed by atoms with Crippen LogP contribution < -0.4 is 16.0 Å². The van der Waals surface area contributed by atoms with Gasteiger partial charge in [-0.2, -0.15) is 0 Å². The van der Waals surface area contributed by atoms with E-state index in [2.05, 4.69) is 9.97 Å². The number of halogens is 2. The van der Waals surface area contributed by atoms with Crippen LogP contribution in [-0.4, -0.2) is 28.2 Å². The average Bonchev–Trinajstić information content (AvgIpc) is 3.02. The Morgan fingerprint density at radius 3 is 2.76 bits per heavy atom. The average molecular weight is 385 g/mol. The molecular formula is C17H22Cl2N4O2. The molecule has 0 fully saturated rings. The number of hydrogen-bond acceptors (Lipinski definition) is 4. The minimum absolute atomic E-state index is 0. The van der Waals surface area contributed by atoms with Crippen molar-refractivity contribution >= 4 is 35.7 Å². The molecule has 0 radical (unpaired) electrons. The lowest BCUT2D eigenvalue weighted by Gasteiger charge is -2.08. The monoisotopic (exact) mass is 384 g/mol. The molecule has 0 spiro atoms. The molecule has 8 heteroatoms. The van der Waals surface area contributed by atoms with E-state index in [1.165, 1.54) is 0 Å². The van der Waals surface area contributed by atoms with Gasteiger partial charge in [0.1, 0.15) is 11.6 Å². The molecule has 0 aliphatic heterocycles. The highest BCUT2D eigenvalue weighted by Gasteiger charge is 2.11. The van der Waals surface area contributed by atoms with Crippen LogP contribution >= 0.6 is 24.8 Å². The van der Waals surface area contributed by atoms with Crippen LogP contribution in [0.1, 0.15) is 12.8 Å². The highest BCUT2D eigenvalue weighted by molar-refractivity contribution is 5.85. The van der Waals surface area contributed by atoms with Gasteiger partial charge in [0.05, 0.1) is 12.7 Å². The normalized spacial score (nSPS) is 10.2. The number of benzene rings is 1. The van der Waals surface area contributed by atoms with Gasteiger partial charge in [-0.25, -0.2) is 4.98 Å². The number of unbranched alkanes of at least 4 members (excludes halogenated alkanes) is 1. The van der Waals surface area contributed by atoms with E-state index in [1.807, 2.05) is 35.0 Å². The van der Waals surface area contributed by atoms with Crippen molar-refractivity contribution in [3.8, 4) is 17.1 Å². The van der Waals surface area contributed by atoms with Gasteiger partial charge < -0.3 is 20.0 Å². The first kappa shape index (κ1) is 21.0. The number of hydrogen-bond donors (Lipinski definition) is 2. The van der Waals surface area contributed by atoms with Crippen molar-refractivity contribution in [2.45, 2.75) is 19.4 Å². The van der Waals surface area contributed by atoms with Crippen molar-refractivity contribution in [2.24, 2.45) is 5.73 Å². The van der Waals surface area contributed by atoms with Gasteiger partial charge in [-0.05, 0) is 43.7 Å². The molecule has 0 saturated carbocycles. The molecule has 0 unspecified atom stereocenters. The molecule has 136 valence electrons. The number of H-pyrrole nitrogens is 1. The zero-order chi connectivity index (χ0) is 16.2. The number of nitrogens with zero attached hydrogens (tertiary/aromatic N) is 2. The second kappa shape index (κ2) is 9.46. The summed E-state index contributed by atoms with van der Waals surface area (Å²) < 4.78 is 7.24. The minimum Gasteiger partial charge on any atom is -0.497 e. The zero-order valence-corrected chi connectivity index (χ0v) is 15.5. The Labute approximate surface area is 158 Å². The van der Waals surface area contributed by atoms with Crippen LogP contribution in [0.4, 0.5) is 0 Å². The quantitative estimate of drug-likeness (QED) is 0.639. The molecule has 0 bridgehead atoms. The number of ether oxygens (including phenoxy) is 1. The number of fused-ring (bicyclic) bond motifs is 1. The van der Waals surface area contributed by atoms with Crippen molar-refractivity contribution in [2.75, 3.05) is 13.7 Å². The van der Waals surface area contributed by atoms with E-state index in [4.69, 9.17) is 10.5 Å². The largest absolute Gasteiger partial charge is 0.497 e. The third-order valence-corrected chi connectivity index (χ3v) is 3.86. The van der Waals surface area contributed by atoms with E-state index in [0.29, 0.717) is 17.9 Å². The molecule has 6 nitrogen and oxygen atoms in total. The van der Waals surface area contributed by atoms with Gasteiger partial charge in [0.25, 0.3) is 5.56 Å². The third-order valence-electron chi connectivity index (χ3n) is 3.86. The first-order chi connectivity index (χ1) is 11.2. The summed E-state index contributed by atoms with van der Waals surface area (Å²) in [5.74, 6) is 1.43. The van der Waals surface area contributed by atoms with Crippen LogP contribution in [-0.2, 0) is 6.54 Å². The maximum Gasteiger partial charge on any atom is 0.259 e. The highest BCUT2D eigenvalue weighted by atomic mass is 35.5. The summed E-state index contributed by atoms with van der Waals surface area (Å²) in [7, 11) is 1.62. The molecule has 0 atom stereocenters. The molecule has 3 N–H and O–H groups in total. The summed E-state index contributed by atoms with van der Waals surface area (Å²) in [4.78, 5) is 19.7. The second-order valence-corrected chi connectivity index (χ2v) is 5.41. The smallest absolute Gasteiger partial charge is 0.259 e. The fourth-order valence-electron chi connectivity index (χ4n) is 2.64. The summed E-state index contributed by atoms with van der Waals surface area (Å²) in [5, 5.41) is 0.912. The summed E-state index contributed by atoms with van der Waals surface area (Å²) in [6, 6.07) is 7.42. The number of aromatic amines is 1. The molecule has 0 amide bonds. The first-order valence-corrected chi connectivity index (χ1v) is 7.65. The van der Waals surface area contributed by atoms with Crippen LogP contribution in [0.25, 0.3) is 22.3 Å². The Bertz CT molecular complexity index is 876. The maximum absolute atomic E-state index is 12.4. The Kier molecular flexibility index (Phi) is 7.96. The van der Waals surface area contributed by atoms with Crippen molar-refractivity contribution in [1.29, 1.82) is 0 Å². The Morgan fingerprint density at radius 1 is 1.24 bits per heavy atom. The van der Waals surface area contributed by atoms with Gasteiger partial charge in [0, 0.05) is 29.8 Å². The van der Waals surface area contributed by atoms with E-state index in [9.17, 15) is 4.79 Å². The molecule has 1 aromatic carbocycles. The maximum atomic E-state index is 12.4. The van der Waals surface area contributed by atoms with Crippen LogP contribution in [0.5, 0.6) is 5.75 Å². The number of nitrogens with one attached hydrogen (secondary N) is 1. The van der Waals surface area contributed by atoms with Gasteiger partial charge in [-0.15, -0.1) is 24.8 Å². The molecule has 0 aliphatic carbocycles. The second-order valence-electron chi connectivity index (χ2n) is 5.41. The lowest BCUT2D eigenvalue weighted by molar-refractivity contribution is 0.415. The predicted octanol–water partition coefficient (Wildman–Crippen LogP) is 2.98. The number of pyridine rings is 1. The fourth-order valence-corrected chi connectivity index (χ4v) is 2.64. The summed E-state index contributed by atoms with van der Waals surface area (Å²) in [5.41, 5.74) is 6.73. The topological polar surface area (TPSA) is 85.9 Å². The Hall–Kier alpha value is -2.02. The number of methoxy groups -OCH3 is 1. The molecule has 3 aromatic rings. The number of aromatic nitrogens is 3. The van der Waals surface area contributed by atoms with Gasteiger partial charge in [0.15, 0.2) is 0 Å². The summed E-state index contributed by atoms with van der Waals surface area (Å²) in [6.45, 7) is 1.46. The zero-order valence-electron chi connectivity index (χ0n) is 13.9. The van der Waals surface area contributed by atoms with E-state index < -0.39 is 0 Å². The first-order valence-electron chi connectivity index (χ1n) is 7.65. The lowest BCUT2D eigenvalue weighted by atomic mass is 10.1. The Balaban J connectivity index is 0.00000156. The molecule has 2 heterocycles. The van der Waals surface area contributed by atoms with E-state index in [1.54, 1.807) is 13.3 Å². The number of nitrogens with two attached hydrogens (primary N) is 1. The standard InChI is InChI=1S/C17H20N4O2.2ClH/c1-23-13-4-5-15-12(10-13)11-14(17(22)20-15)16-19-7-9-21(16)8-3-2-6-18;;/h4-5,7,9-11H,2-3,6,8,18H2,1H3,(H,20,22);2*1H. The molecule has 3 rings (SSSR count). The SMILES string of the molecule is COc1ccc2[nH]c(=O)c(-c3nccn3CCCCN)cc2c1.Cl.Cl. The van der Waals surface area contributed by atoms with Crippen molar-refractivity contribution in [1.82, 2.24) is 14.5 Å². The number of aryl methyl sites for hydroxylation is 1. The van der Waals surface area contributed by atoms with E-state index in [0.717, 1.165) is 36.0 Å². The lowest BCUT2D eigenvalue weighted by Crippen LogP contribution is -2.12. The number of rotatable bonds is 6. The molecule has 0 saturated heterocycles. The third kappa shape index (κ3) is 4.54. The Morgan fingerprint density at radius 2 is 2.04 bits per heavy atom. The molecular weight excluding hydrogens is 363 g/mol. The van der Waals surface area contributed by atoms with Crippen LogP contribution in [0, 0.1) is 0 Å². The minimum atomic E-state index is -0.144. The van der Waals surface area contributed by atoms with Gasteiger partial charge in [-0.1, -0.05) is 0 Å². The number of imidazole rings is 1. The van der Waals surface area contributed by atoms with E-state index in [-0.39, 0.29) is 30.4 Å². The molecule has 0 aliphatic rings. The van der Waals surface area contributed by atoms with Crippen LogP contribution in [0.15, 0.2) is 41.5 Å². The fraction of sp³-hybridized carbons (Fsp3) is 0.294. The molecule has 25 heavy (non-hydrogen) atoms. The van der Waals surface area contributed by atoms with E-state index >= 15 is 0 Å².